The lowest BCUT2D eigenvalue weighted by Crippen LogP contribution is -2.30. The van der Waals surface area contributed by atoms with Crippen LogP contribution in [0.2, 0.25) is 0 Å². The highest BCUT2D eigenvalue weighted by molar-refractivity contribution is 5.71. The molecule has 0 heterocycles. The van der Waals surface area contributed by atoms with E-state index in [-0.39, 0.29) is 31.1 Å². The maximum absolute atomic E-state index is 12.8. The van der Waals surface area contributed by atoms with Crippen LogP contribution in [0.3, 0.4) is 0 Å². The normalized spacial score (nSPS) is 12.4. The fourth-order valence-corrected chi connectivity index (χ4v) is 8.14. The average molecular weight is 911 g/mol. The monoisotopic (exact) mass is 911 g/mol. The number of unbranched alkanes of at least 4 members (excludes halogenated alkanes) is 34. The van der Waals surface area contributed by atoms with Gasteiger partial charge in [-0.1, -0.05) is 256 Å². The summed E-state index contributed by atoms with van der Waals surface area (Å²) in [5.41, 5.74) is 0. The van der Waals surface area contributed by atoms with E-state index in [0.717, 1.165) is 83.5 Å². The fourth-order valence-electron chi connectivity index (χ4n) is 8.14. The van der Waals surface area contributed by atoms with E-state index in [9.17, 15) is 14.4 Å². The number of carbonyl (C=O) groups excluding carboxylic acids is 3. The molecule has 0 fully saturated rings. The molecule has 0 saturated heterocycles. The van der Waals surface area contributed by atoms with Gasteiger partial charge in [0, 0.05) is 19.3 Å². The molecule has 65 heavy (non-hydrogen) atoms. The topological polar surface area (TPSA) is 78.9 Å². The lowest BCUT2D eigenvalue weighted by atomic mass is 10.0. The molecule has 378 valence electrons. The van der Waals surface area contributed by atoms with Gasteiger partial charge in [0.15, 0.2) is 6.10 Å². The molecule has 0 aliphatic rings. The third kappa shape index (κ3) is 52.2. The van der Waals surface area contributed by atoms with Gasteiger partial charge in [-0.2, -0.15) is 0 Å². The van der Waals surface area contributed by atoms with Crippen molar-refractivity contribution in [3.63, 3.8) is 0 Å². The van der Waals surface area contributed by atoms with E-state index < -0.39 is 6.10 Å². The molecule has 0 aromatic carbocycles. The lowest BCUT2D eigenvalue weighted by molar-refractivity contribution is -0.167. The fraction of sp³-hybridized carbons (Fsp3) is 0.814. The second-order valence-electron chi connectivity index (χ2n) is 18.9. The molecular formula is C59H106O6. The van der Waals surface area contributed by atoms with E-state index in [0.29, 0.717) is 19.3 Å². The first-order chi connectivity index (χ1) is 32.0. The molecule has 0 aromatic rings. The Morgan fingerprint density at radius 2 is 0.615 bits per heavy atom. The van der Waals surface area contributed by atoms with Crippen LogP contribution in [-0.4, -0.2) is 37.2 Å². The first-order valence-corrected chi connectivity index (χ1v) is 28.2. The second-order valence-corrected chi connectivity index (χ2v) is 18.9. The van der Waals surface area contributed by atoms with Crippen LogP contribution in [0, 0.1) is 0 Å². The highest BCUT2D eigenvalue weighted by Gasteiger charge is 2.19. The highest BCUT2D eigenvalue weighted by atomic mass is 16.6. The van der Waals surface area contributed by atoms with Gasteiger partial charge in [0.1, 0.15) is 13.2 Å². The third-order valence-electron chi connectivity index (χ3n) is 12.4. The predicted molar refractivity (Wildman–Crippen MR) is 279 cm³/mol. The maximum atomic E-state index is 12.8. The van der Waals surface area contributed by atoms with Crippen LogP contribution in [0.5, 0.6) is 0 Å². The van der Waals surface area contributed by atoms with Crippen molar-refractivity contribution in [3.05, 3.63) is 48.6 Å². The molecule has 6 nitrogen and oxygen atoms in total. The van der Waals surface area contributed by atoms with Gasteiger partial charge in [-0.15, -0.1) is 0 Å². The van der Waals surface area contributed by atoms with Crippen molar-refractivity contribution in [2.45, 2.75) is 297 Å². The summed E-state index contributed by atoms with van der Waals surface area (Å²) in [5.74, 6) is -0.892. The number of ether oxygens (including phenoxy) is 3. The number of hydrogen-bond acceptors (Lipinski definition) is 6. The summed E-state index contributed by atoms with van der Waals surface area (Å²) in [5, 5.41) is 0. The van der Waals surface area contributed by atoms with Crippen molar-refractivity contribution >= 4 is 17.9 Å². The molecule has 0 aliphatic heterocycles. The molecule has 1 unspecified atom stereocenters. The molecule has 0 spiro atoms. The Morgan fingerprint density at radius 3 is 0.985 bits per heavy atom. The quantitative estimate of drug-likeness (QED) is 0.0199. The minimum Gasteiger partial charge on any atom is -0.462 e. The molecule has 0 bridgehead atoms. The lowest BCUT2D eigenvalue weighted by Gasteiger charge is -2.18. The molecule has 0 aromatic heterocycles. The number of rotatable bonds is 51. The van der Waals surface area contributed by atoms with Crippen molar-refractivity contribution in [2.24, 2.45) is 0 Å². The average Bonchev–Trinajstić information content (AvgIpc) is 3.30. The van der Waals surface area contributed by atoms with Gasteiger partial charge in [-0.25, -0.2) is 0 Å². The maximum Gasteiger partial charge on any atom is 0.306 e. The Morgan fingerprint density at radius 1 is 0.323 bits per heavy atom. The van der Waals surface area contributed by atoms with Gasteiger partial charge in [0.2, 0.25) is 0 Å². The third-order valence-corrected chi connectivity index (χ3v) is 12.4. The Balaban J connectivity index is 4.33. The summed E-state index contributed by atoms with van der Waals surface area (Å²) >= 11 is 0. The smallest absolute Gasteiger partial charge is 0.306 e. The summed E-state index contributed by atoms with van der Waals surface area (Å²) in [7, 11) is 0. The minimum absolute atomic E-state index is 0.0787. The van der Waals surface area contributed by atoms with Crippen LogP contribution >= 0.6 is 0 Å². The zero-order valence-electron chi connectivity index (χ0n) is 43.3. The number of esters is 3. The summed E-state index contributed by atoms with van der Waals surface area (Å²) < 4.78 is 16.8. The molecular weight excluding hydrogens is 805 g/mol. The van der Waals surface area contributed by atoms with Crippen LogP contribution in [0.4, 0.5) is 0 Å². The van der Waals surface area contributed by atoms with E-state index in [4.69, 9.17) is 14.2 Å². The summed E-state index contributed by atoms with van der Waals surface area (Å²) in [4.78, 5) is 38.1. The Labute approximate surface area is 403 Å². The van der Waals surface area contributed by atoms with E-state index in [1.165, 1.54) is 167 Å². The molecule has 6 heteroatoms. The van der Waals surface area contributed by atoms with Crippen molar-refractivity contribution < 1.29 is 28.6 Å². The van der Waals surface area contributed by atoms with E-state index in [1.54, 1.807) is 0 Å². The standard InChI is InChI=1S/C59H106O6/c1-4-7-10-13-16-19-22-25-27-28-29-30-32-34-37-40-43-46-49-52-58(61)64-55-56(54-63-57(60)51-48-45-42-39-36-33-24-21-18-15-12-9-6-3)65-59(62)53-50-47-44-41-38-35-31-26-23-20-17-14-11-8-5-2/h9,12,15,18,20-21,23-24,56H,4-8,10-11,13-14,16-17,19,22,25-55H2,1-3H3/b12-9+,18-15+,23-20+,24-21+. The Bertz CT molecular complexity index is 1140. The highest BCUT2D eigenvalue weighted by Crippen LogP contribution is 2.16. The second kappa shape index (κ2) is 54.0. The Kier molecular flexibility index (Phi) is 51.8. The van der Waals surface area contributed by atoms with Crippen molar-refractivity contribution in [1.29, 1.82) is 0 Å². The van der Waals surface area contributed by atoms with Crippen LogP contribution in [0.15, 0.2) is 48.6 Å². The van der Waals surface area contributed by atoms with E-state index >= 15 is 0 Å². The van der Waals surface area contributed by atoms with Gasteiger partial charge in [0.05, 0.1) is 0 Å². The van der Waals surface area contributed by atoms with Crippen LogP contribution < -0.4 is 0 Å². The first kappa shape index (κ1) is 62.4. The molecule has 0 N–H and O–H groups in total. The van der Waals surface area contributed by atoms with Crippen LogP contribution in [0.25, 0.3) is 0 Å². The van der Waals surface area contributed by atoms with Gasteiger partial charge >= 0.3 is 17.9 Å². The van der Waals surface area contributed by atoms with E-state index in [1.807, 2.05) is 0 Å². The van der Waals surface area contributed by atoms with Crippen LogP contribution in [0.1, 0.15) is 290 Å². The van der Waals surface area contributed by atoms with Crippen LogP contribution in [-0.2, 0) is 28.6 Å². The molecule has 0 amide bonds. The number of allylic oxidation sites excluding steroid dienone is 8. The summed E-state index contributed by atoms with van der Waals surface area (Å²) in [6.45, 7) is 6.51. The largest absolute Gasteiger partial charge is 0.462 e. The van der Waals surface area contributed by atoms with Gasteiger partial charge in [-0.3, -0.25) is 14.4 Å². The molecule has 0 aliphatic carbocycles. The SMILES string of the molecule is CC/C=C/C=C/C=C/CCCCCCCC(=O)OCC(COC(=O)CCCCCCCCCCCCCCCCCCCCC)OC(=O)CCCCCCCCC/C=C/CCCCCC. The Hall–Kier alpha value is -2.63. The van der Waals surface area contributed by atoms with Crippen molar-refractivity contribution in [3.8, 4) is 0 Å². The summed E-state index contributed by atoms with van der Waals surface area (Å²) in [6.07, 6.45) is 65.3. The zero-order chi connectivity index (χ0) is 47.2. The number of carbonyl (C=O) groups is 3. The molecule has 0 rings (SSSR count). The van der Waals surface area contributed by atoms with E-state index in [2.05, 4.69) is 69.4 Å². The van der Waals surface area contributed by atoms with Crippen molar-refractivity contribution in [1.82, 2.24) is 0 Å². The van der Waals surface area contributed by atoms with Gasteiger partial charge < -0.3 is 14.2 Å². The first-order valence-electron chi connectivity index (χ1n) is 28.2. The minimum atomic E-state index is -0.781. The predicted octanol–water partition coefficient (Wildman–Crippen LogP) is 18.7. The molecule has 1 atom stereocenters. The summed E-state index contributed by atoms with van der Waals surface area (Å²) in [6, 6.07) is 0. The zero-order valence-corrected chi connectivity index (χ0v) is 43.3. The van der Waals surface area contributed by atoms with Gasteiger partial charge in [-0.05, 0) is 64.2 Å². The van der Waals surface area contributed by atoms with Gasteiger partial charge in [0.25, 0.3) is 0 Å². The number of hydrogen-bond donors (Lipinski definition) is 0. The molecule has 0 radical (unpaired) electrons. The molecule has 0 saturated carbocycles. The van der Waals surface area contributed by atoms with Crippen molar-refractivity contribution in [2.75, 3.05) is 13.2 Å².